The fourth-order valence-electron chi connectivity index (χ4n) is 21.2. The van der Waals surface area contributed by atoms with Crippen molar-refractivity contribution in [2.45, 2.75) is 139 Å². The number of carbonyl (C=O) groups is 3. The predicted octanol–water partition coefficient (Wildman–Crippen LogP) is 5.44. The van der Waals surface area contributed by atoms with Gasteiger partial charge >= 0.3 is 5.97 Å². The summed E-state index contributed by atoms with van der Waals surface area (Å²) in [6.07, 6.45) is 8.62. The molecule has 2 aromatic rings. The lowest BCUT2D eigenvalue weighted by Gasteiger charge is -2.68. The van der Waals surface area contributed by atoms with E-state index < -0.39 is 112 Å². The summed E-state index contributed by atoms with van der Waals surface area (Å²) >= 11 is 0. The highest BCUT2D eigenvalue weighted by Crippen LogP contribution is 2.77. The van der Waals surface area contributed by atoms with Crippen LogP contribution < -0.4 is 16.8 Å². The van der Waals surface area contributed by atoms with E-state index in [1.165, 1.54) is 16.4 Å². The molecule has 17 nitrogen and oxygen atoms in total. The van der Waals surface area contributed by atoms with Crippen LogP contribution in [-0.4, -0.2) is 136 Å². The Morgan fingerprint density at radius 3 is 2.43 bits per heavy atom. The van der Waals surface area contributed by atoms with Gasteiger partial charge < -0.3 is 67.4 Å². The van der Waals surface area contributed by atoms with Gasteiger partial charge in [0.25, 0.3) is 0 Å². The molecule has 2 saturated heterocycles. The molecule has 13 rings (SSSR count). The number of ketones is 2. The molecule has 2 aliphatic heterocycles. The second kappa shape index (κ2) is 22.7. The van der Waals surface area contributed by atoms with E-state index in [9.17, 15) is 45.3 Å². The minimum Gasteiger partial charge on any atom is -0.508 e. The van der Waals surface area contributed by atoms with E-state index >= 15 is 9.90 Å². The average molecular weight is 1220 g/mol. The number of ether oxygens (including phenoxy) is 1. The minimum absolute atomic E-state index is 0.0373. The Labute approximate surface area is 511 Å². The van der Waals surface area contributed by atoms with Crippen molar-refractivity contribution in [2.75, 3.05) is 31.2 Å². The number of aromatic amines is 1. The van der Waals surface area contributed by atoms with Crippen LogP contribution in [0.25, 0.3) is 0 Å². The molecule has 25 unspecified atom stereocenters. The molecule has 11 aliphatic rings. The number of carbonyl (C=O) groups excluding carboxylic acids is 3. The number of allylic oxidation sites excluding steroid dienone is 5. The molecule has 9 aliphatic carbocycles. The second-order valence-corrected chi connectivity index (χ2v) is 31.3. The number of aromatic nitrogens is 1. The van der Waals surface area contributed by atoms with Gasteiger partial charge in [-0.3, -0.25) is 19.4 Å². The van der Waals surface area contributed by atoms with Gasteiger partial charge in [0.05, 0.1) is 54.3 Å². The van der Waals surface area contributed by atoms with Gasteiger partial charge in [-0.1, -0.05) is 77.3 Å². The van der Waals surface area contributed by atoms with E-state index in [-0.39, 0.29) is 122 Å². The number of phenolic OH excluding ortho intramolecular Hbond substituents is 1. The third kappa shape index (κ3) is 9.60. The van der Waals surface area contributed by atoms with E-state index in [1.807, 2.05) is 19.2 Å². The lowest BCUT2D eigenvalue weighted by molar-refractivity contribution is -0.233. The van der Waals surface area contributed by atoms with E-state index in [4.69, 9.17) is 16.2 Å². The molecule has 1 aromatic heterocycles. The third-order valence-corrected chi connectivity index (χ3v) is 27.0. The molecule has 1 spiro atoms. The maximum atomic E-state index is 16.3. The monoisotopic (exact) mass is 1220 g/mol. The van der Waals surface area contributed by atoms with Crippen LogP contribution in [0.15, 0.2) is 82.8 Å². The first-order valence-corrected chi connectivity index (χ1v) is 34.2. The zero-order chi connectivity index (χ0) is 60.5. The number of esters is 1. The molecule has 25 atom stereocenters. The zero-order valence-corrected chi connectivity index (χ0v) is 51.1. The van der Waals surface area contributed by atoms with Crippen molar-refractivity contribution >= 4 is 45.1 Å². The highest BCUT2D eigenvalue weighted by Gasteiger charge is 2.79. The summed E-state index contributed by atoms with van der Waals surface area (Å²) in [4.78, 5) is 52.8. The van der Waals surface area contributed by atoms with Gasteiger partial charge in [-0.2, -0.15) is 0 Å². The van der Waals surface area contributed by atoms with E-state index in [1.54, 1.807) is 48.2 Å². The van der Waals surface area contributed by atoms with Gasteiger partial charge in [0.15, 0.2) is 23.8 Å². The van der Waals surface area contributed by atoms with Crippen molar-refractivity contribution in [3.63, 3.8) is 0 Å². The Morgan fingerprint density at radius 2 is 1.69 bits per heavy atom. The summed E-state index contributed by atoms with van der Waals surface area (Å²) in [6.45, 7) is 5.81. The fourth-order valence-corrected chi connectivity index (χ4v) is 23.9. The first kappa shape index (κ1) is 60.3. The Morgan fingerprint density at radius 1 is 0.907 bits per heavy atom. The minimum atomic E-state index is -2.08. The molecule has 7 fully saturated rings. The molecule has 5 saturated carbocycles. The molecule has 3 heterocycles. The number of nitrogens with one attached hydrogen (secondary N) is 2. The van der Waals surface area contributed by atoms with Crippen LogP contribution in [-0.2, 0) is 19.1 Å². The highest BCUT2D eigenvalue weighted by atomic mass is 33.1. The Balaban J connectivity index is 1.00. The number of Topliss-reactive ketones (excluding diaryl/α,β-unsaturated/α-hetero) is 2. The number of rotatable bonds is 6. The van der Waals surface area contributed by atoms with Gasteiger partial charge in [-0.25, -0.2) is 0 Å². The Hall–Kier alpha value is -4.62. The first-order chi connectivity index (χ1) is 41.1. The number of phenols is 1. The number of H-pyrrole nitrogens is 1. The molecule has 0 amide bonds. The summed E-state index contributed by atoms with van der Waals surface area (Å²) in [6, 6.07) is 8.70. The Kier molecular flexibility index (Phi) is 15.9. The van der Waals surface area contributed by atoms with Crippen molar-refractivity contribution in [1.29, 1.82) is 0 Å². The molecule has 19 heteroatoms. The molecular formula is C67H87N5O12S2. The zero-order valence-electron chi connectivity index (χ0n) is 49.4. The second-order valence-electron chi connectivity index (χ2n) is 28.8. The molecule has 1 aromatic carbocycles. The molecular weight excluding hydrogens is 1130 g/mol. The number of cyclic esters (lactones) is 1. The van der Waals surface area contributed by atoms with Crippen molar-refractivity contribution < 1.29 is 60.0 Å². The van der Waals surface area contributed by atoms with Crippen molar-refractivity contribution in [1.82, 2.24) is 10.3 Å². The fraction of sp³-hybridized carbons (Fsp3) is 0.672. The third-order valence-electron chi connectivity index (χ3n) is 24.4. The van der Waals surface area contributed by atoms with Gasteiger partial charge in [-0.05, 0) is 164 Å². The molecule has 464 valence electrons. The number of nitrogens with two attached hydrogens (primary N) is 2. The van der Waals surface area contributed by atoms with Gasteiger partial charge in [-0.15, -0.1) is 5.92 Å². The lowest BCUT2D eigenvalue weighted by Crippen LogP contribution is -2.71. The summed E-state index contributed by atoms with van der Waals surface area (Å²) in [5, 5.41) is 104. The number of fused-ring (bicyclic) bond motifs is 8. The van der Waals surface area contributed by atoms with Gasteiger partial charge in [0, 0.05) is 90.1 Å². The molecule has 86 heavy (non-hydrogen) atoms. The van der Waals surface area contributed by atoms with Crippen molar-refractivity contribution in [3.8, 4) is 17.6 Å². The smallest absolute Gasteiger partial charge is 0.313 e. The number of benzene rings is 1. The molecule has 14 N–H and O–H groups in total. The standard InChI is InChI=1S/C67H87N5O12S2/c1-32-7-8-34-20-35-12-16-44-43(47-29-84-62(81)52(47)38-17-18-70-26-38)6-4-5-37-24-67(83)56-54(36-9-13-40(27-72-63(68)69)66(67,23-36)60(37)65(3,82)50(76)22-46(61(79)80)51(35)53(44)45(34)19-32)64(2)25-49(75)58(77)48-31-86-85-30-39(33-10-14-41(73)15-11-33)21-42(74)28-71-57(56)59(78)55(48)64/h10-12,14-18,20,26,32,35-37,39-40,43-55,58,60-61,70-71,73,75-77,79-80,82-83H,5,7-9,13,19,21-25,27-31H2,1-3H3,(H4,68,69,72). The first-order valence-electron chi connectivity index (χ1n) is 31.7. The number of aliphatic hydroxyl groups excluding tert-OH is 4. The maximum Gasteiger partial charge on any atom is 0.313 e. The van der Waals surface area contributed by atoms with Crippen LogP contribution in [0.2, 0.25) is 0 Å². The normalized spacial score (nSPS) is 46.3. The van der Waals surface area contributed by atoms with Crippen LogP contribution in [0, 0.1) is 117 Å². The van der Waals surface area contributed by atoms with Crippen molar-refractivity contribution in [2.24, 2.45) is 122 Å². The van der Waals surface area contributed by atoms with Gasteiger partial charge in [0.1, 0.15) is 5.75 Å². The van der Waals surface area contributed by atoms with E-state index in [0.29, 0.717) is 42.3 Å². The number of aliphatic hydroxyl groups is 7. The largest absolute Gasteiger partial charge is 0.508 e. The Bertz CT molecular complexity index is 3150. The summed E-state index contributed by atoms with van der Waals surface area (Å²) in [7, 11) is 3.05. The number of nitrogens with zero attached hydrogens (tertiary/aromatic N) is 1. The van der Waals surface area contributed by atoms with Crippen LogP contribution in [0.4, 0.5) is 0 Å². The quantitative estimate of drug-likeness (QED) is 0.0326. The van der Waals surface area contributed by atoms with Gasteiger partial charge in [0.2, 0.25) is 0 Å². The highest BCUT2D eigenvalue weighted by molar-refractivity contribution is 8.76. The molecule has 8 bridgehead atoms. The number of hydrogen-bond acceptors (Lipinski definition) is 16. The van der Waals surface area contributed by atoms with Crippen LogP contribution in [0.5, 0.6) is 5.75 Å². The SMILES string of the molecule is CC1CCC2=CC3C=CC4C(C5COC(=O)C5c5cc[nH]c5)C#CCC5CC6(O)C7=C8NCC(=O)CC(c9ccc(O)cc9)CSSCC9C(O)C(O)CC(C)(C7C7CCC(CN=C(N)N)C6(C7)C5C(C)(O)C(O)CC(C(O)O)C3C4C2C1)C9C8=O. The van der Waals surface area contributed by atoms with Crippen molar-refractivity contribution in [3.05, 3.63) is 88.9 Å². The van der Waals surface area contributed by atoms with E-state index in [2.05, 4.69) is 52.3 Å². The van der Waals surface area contributed by atoms with Crippen LogP contribution in [0.3, 0.4) is 0 Å². The molecule has 0 radical (unpaired) electrons. The number of aromatic hydroxyl groups is 1. The summed E-state index contributed by atoms with van der Waals surface area (Å²) in [5.74, 6) is -0.648. The average Bonchev–Trinajstić information content (AvgIpc) is 1.30. The summed E-state index contributed by atoms with van der Waals surface area (Å²) in [5.41, 5.74) is 9.43. The predicted molar refractivity (Wildman–Crippen MR) is 326 cm³/mol. The van der Waals surface area contributed by atoms with E-state index in [0.717, 1.165) is 30.4 Å². The maximum absolute atomic E-state index is 16.3. The van der Waals surface area contributed by atoms with Crippen LogP contribution >= 0.6 is 21.6 Å². The summed E-state index contributed by atoms with van der Waals surface area (Å²) < 4.78 is 6.02. The topological polar surface area (TPSA) is 315 Å². The number of aliphatic imine (C=N–C) groups is 1. The van der Waals surface area contributed by atoms with Crippen LogP contribution in [0.1, 0.15) is 114 Å². The number of hydrogen-bond donors (Lipinski definition) is 12. The lowest BCUT2D eigenvalue weighted by atomic mass is 9.37. The number of guanidine groups is 1.